The van der Waals surface area contributed by atoms with Crippen molar-refractivity contribution in [2.24, 2.45) is 0 Å². The van der Waals surface area contributed by atoms with Gasteiger partial charge >= 0.3 is 5.57 Å². The van der Waals surface area contributed by atoms with E-state index in [0.29, 0.717) is 16.9 Å². The number of pyridine rings is 1. The highest BCUT2D eigenvalue weighted by atomic mass is 35.5. The average molecular weight is 498 g/mol. The molecule has 0 unspecified atom stereocenters. The molecule has 1 aliphatic heterocycles. The molecule has 180 valence electrons. The Morgan fingerprint density at radius 1 is 1.11 bits per heavy atom. The molecule has 6 nitrogen and oxygen atoms in total. The molecule has 2 amide bonds. The molecule has 1 aliphatic carbocycles. The van der Waals surface area contributed by atoms with E-state index in [1.807, 2.05) is 12.1 Å². The van der Waals surface area contributed by atoms with Gasteiger partial charge in [-0.2, -0.15) is 0 Å². The number of fused-ring (bicyclic) bond motifs is 2. The molecule has 0 radical (unpaired) electrons. The summed E-state index contributed by atoms with van der Waals surface area (Å²) in [4.78, 5) is 30.6. The quantitative estimate of drug-likeness (QED) is 0.404. The molecule has 1 spiro atoms. The van der Waals surface area contributed by atoms with Crippen LogP contribution in [0.2, 0.25) is 0 Å². The minimum Gasteiger partial charge on any atom is -0.420 e. The second-order valence-corrected chi connectivity index (χ2v) is 9.25. The summed E-state index contributed by atoms with van der Waals surface area (Å²) in [5.74, 6) is -0.574. The van der Waals surface area contributed by atoms with Crippen molar-refractivity contribution >= 4 is 34.8 Å². The van der Waals surface area contributed by atoms with Crippen LogP contribution in [-0.2, 0) is 10.2 Å². The highest BCUT2D eigenvalue weighted by molar-refractivity contribution is 6.20. The van der Waals surface area contributed by atoms with Crippen molar-refractivity contribution in [3.63, 3.8) is 0 Å². The van der Waals surface area contributed by atoms with Crippen molar-refractivity contribution in [2.45, 2.75) is 43.1 Å². The van der Waals surface area contributed by atoms with E-state index in [1.54, 1.807) is 24.5 Å². The van der Waals surface area contributed by atoms with E-state index < -0.39 is 16.9 Å². The van der Waals surface area contributed by atoms with E-state index in [4.69, 9.17) is 11.6 Å². The third kappa shape index (κ3) is 4.58. The summed E-state index contributed by atoms with van der Waals surface area (Å²) in [6.07, 6.45) is 7.96. The fraction of sp³-hybridized carbons (Fsp3) is 0.269. The van der Waals surface area contributed by atoms with Gasteiger partial charge in [0, 0.05) is 46.5 Å². The number of anilines is 2. The van der Waals surface area contributed by atoms with Crippen molar-refractivity contribution < 1.29 is 23.1 Å². The summed E-state index contributed by atoms with van der Waals surface area (Å²) >= 11 is 4.79. The van der Waals surface area contributed by atoms with Crippen molar-refractivity contribution in [3.05, 3.63) is 72.1 Å². The maximum atomic E-state index is 13.2. The number of amides is 2. The second-order valence-electron chi connectivity index (χ2n) is 8.81. The minimum absolute atomic E-state index is 0.0263. The molecular formula is C26H22ClF2N3O3. The lowest BCUT2D eigenvalue weighted by Gasteiger charge is -2.33. The molecule has 1 aromatic heterocycles. The first-order valence-electron chi connectivity index (χ1n) is 11.3. The topological polar surface area (TPSA) is 80.3 Å². The third-order valence-electron chi connectivity index (χ3n) is 6.59. The molecule has 2 heterocycles. The summed E-state index contributed by atoms with van der Waals surface area (Å²) in [6.45, 7) is 0. The number of hydrogen-bond donors (Lipinski definition) is 2. The van der Waals surface area contributed by atoms with Gasteiger partial charge in [-0.15, -0.1) is 8.78 Å². The Bertz CT molecular complexity index is 1270. The monoisotopic (exact) mass is 497 g/mol. The number of rotatable bonds is 5. The lowest BCUT2D eigenvalue weighted by Crippen LogP contribution is -2.36. The van der Waals surface area contributed by atoms with Crippen LogP contribution < -0.4 is 15.4 Å². The smallest absolute Gasteiger partial charge is 0.420 e. The van der Waals surface area contributed by atoms with Crippen LogP contribution in [0, 0.1) is 0 Å². The number of nitrogens with zero attached hydrogens (tertiary/aromatic N) is 1. The number of carbonyl (C=O) groups excluding carboxylic acids is 2. The van der Waals surface area contributed by atoms with Gasteiger partial charge in [0.25, 0.3) is 5.91 Å². The fourth-order valence-electron chi connectivity index (χ4n) is 5.07. The van der Waals surface area contributed by atoms with Crippen LogP contribution in [0.25, 0.3) is 11.1 Å². The van der Waals surface area contributed by atoms with Crippen LogP contribution >= 0.6 is 11.6 Å². The van der Waals surface area contributed by atoms with Gasteiger partial charge in [-0.1, -0.05) is 25.3 Å². The highest BCUT2D eigenvalue weighted by Gasteiger charge is 2.49. The van der Waals surface area contributed by atoms with E-state index >= 15 is 0 Å². The standard InChI is InChI=1S/C26H22ClF2N3O3/c27-26(28,29)35-19-8-6-18(7-9-19)31-23(33)17-13-20(16-5-4-12-30-15-16)22-21(14-17)32-24(34)25(22)10-2-1-3-11-25/h4-9,12-15H,1-3,10-11H2,(H,31,33)(H,32,34). The van der Waals surface area contributed by atoms with E-state index in [-0.39, 0.29) is 11.7 Å². The molecule has 1 saturated carbocycles. The van der Waals surface area contributed by atoms with Crippen molar-refractivity contribution in [3.8, 4) is 16.9 Å². The lowest BCUT2D eigenvalue weighted by atomic mass is 9.68. The maximum Gasteiger partial charge on any atom is 0.487 e. The second kappa shape index (κ2) is 8.92. The summed E-state index contributed by atoms with van der Waals surface area (Å²) in [7, 11) is 0. The number of carbonyl (C=O) groups is 2. The normalized spacial score (nSPS) is 16.5. The highest BCUT2D eigenvalue weighted by Crippen LogP contribution is 2.51. The number of halogens is 3. The van der Waals surface area contributed by atoms with Gasteiger partial charge in [-0.05, 0) is 66.4 Å². The Hall–Kier alpha value is -3.52. The summed E-state index contributed by atoms with van der Waals surface area (Å²) in [5, 5.41) is 5.77. The van der Waals surface area contributed by atoms with Crippen molar-refractivity contribution in [2.75, 3.05) is 10.6 Å². The molecule has 9 heteroatoms. The van der Waals surface area contributed by atoms with Gasteiger partial charge in [0.2, 0.25) is 5.91 Å². The maximum absolute atomic E-state index is 13.2. The van der Waals surface area contributed by atoms with Gasteiger partial charge in [0.1, 0.15) is 5.75 Å². The Balaban J connectivity index is 1.50. The molecule has 0 atom stereocenters. The zero-order chi connectivity index (χ0) is 24.6. The summed E-state index contributed by atoms with van der Waals surface area (Å²) in [5.41, 5.74) is -0.504. The first-order valence-corrected chi connectivity index (χ1v) is 11.7. The van der Waals surface area contributed by atoms with Crippen LogP contribution in [0.1, 0.15) is 48.0 Å². The third-order valence-corrected chi connectivity index (χ3v) is 6.66. The van der Waals surface area contributed by atoms with Gasteiger partial charge in [-0.25, -0.2) is 0 Å². The number of aromatic nitrogens is 1. The zero-order valence-corrected chi connectivity index (χ0v) is 19.4. The van der Waals surface area contributed by atoms with Gasteiger partial charge in [-0.3, -0.25) is 14.6 Å². The molecule has 2 aromatic carbocycles. The van der Waals surface area contributed by atoms with Crippen LogP contribution in [0.4, 0.5) is 20.2 Å². The lowest BCUT2D eigenvalue weighted by molar-refractivity contribution is -0.121. The van der Waals surface area contributed by atoms with Gasteiger partial charge in [0.05, 0.1) is 5.41 Å². The van der Waals surface area contributed by atoms with E-state index in [0.717, 1.165) is 48.8 Å². The molecule has 5 rings (SSSR count). The average Bonchev–Trinajstić information content (AvgIpc) is 3.10. The number of hydrogen-bond acceptors (Lipinski definition) is 4. The molecule has 35 heavy (non-hydrogen) atoms. The Labute approximate surface area is 205 Å². The zero-order valence-electron chi connectivity index (χ0n) is 18.6. The molecule has 0 bridgehead atoms. The number of nitrogens with one attached hydrogen (secondary N) is 2. The number of ether oxygens (including phenoxy) is 1. The van der Waals surface area contributed by atoms with Crippen LogP contribution in [0.3, 0.4) is 0 Å². The Kier molecular flexibility index (Phi) is 5.92. The van der Waals surface area contributed by atoms with Crippen LogP contribution in [0.5, 0.6) is 5.75 Å². The van der Waals surface area contributed by atoms with Crippen LogP contribution in [0.15, 0.2) is 60.9 Å². The number of benzene rings is 2. The van der Waals surface area contributed by atoms with Crippen molar-refractivity contribution in [1.29, 1.82) is 0 Å². The fourth-order valence-corrected chi connectivity index (χ4v) is 5.16. The van der Waals surface area contributed by atoms with Crippen molar-refractivity contribution in [1.82, 2.24) is 4.98 Å². The molecule has 2 N–H and O–H groups in total. The van der Waals surface area contributed by atoms with Crippen LogP contribution in [-0.4, -0.2) is 22.4 Å². The number of alkyl halides is 3. The Morgan fingerprint density at radius 2 is 1.86 bits per heavy atom. The summed E-state index contributed by atoms with van der Waals surface area (Å²) in [6, 6.07) is 12.6. The van der Waals surface area contributed by atoms with Gasteiger partial charge in [0.15, 0.2) is 0 Å². The predicted molar refractivity (Wildman–Crippen MR) is 129 cm³/mol. The molecular weight excluding hydrogens is 476 g/mol. The van der Waals surface area contributed by atoms with E-state index in [1.165, 1.54) is 24.3 Å². The predicted octanol–water partition coefficient (Wildman–Crippen LogP) is 6.32. The first kappa shape index (κ1) is 23.2. The first-order chi connectivity index (χ1) is 16.7. The molecule has 0 saturated heterocycles. The van der Waals surface area contributed by atoms with E-state index in [2.05, 4.69) is 20.4 Å². The summed E-state index contributed by atoms with van der Waals surface area (Å²) < 4.78 is 30.0. The minimum atomic E-state index is -3.82. The molecule has 3 aromatic rings. The van der Waals surface area contributed by atoms with Gasteiger partial charge < -0.3 is 15.4 Å². The van der Waals surface area contributed by atoms with E-state index in [9.17, 15) is 18.4 Å². The molecule has 1 fully saturated rings. The largest absolute Gasteiger partial charge is 0.487 e. The molecule has 2 aliphatic rings. The SMILES string of the molecule is O=C(Nc1ccc(OC(F)(F)Cl)cc1)c1cc2c(c(-c3cccnc3)c1)C1(CCCCC1)C(=O)N2. The Morgan fingerprint density at radius 3 is 2.51 bits per heavy atom.